The number of carboxylic acids is 1. The summed E-state index contributed by atoms with van der Waals surface area (Å²) in [6.45, 7) is 6.34. The van der Waals surface area contributed by atoms with Crippen molar-refractivity contribution < 1.29 is 14.7 Å². The van der Waals surface area contributed by atoms with Crippen molar-refractivity contribution in [2.75, 3.05) is 0 Å². The third-order valence-electron chi connectivity index (χ3n) is 3.81. The first-order valence-corrected chi connectivity index (χ1v) is 7.80. The van der Waals surface area contributed by atoms with E-state index in [2.05, 4.69) is 31.1 Å². The summed E-state index contributed by atoms with van der Waals surface area (Å²) in [6.07, 6.45) is 2.88. The highest BCUT2D eigenvalue weighted by molar-refractivity contribution is 5.94. The topological polar surface area (TPSA) is 79.3 Å². The van der Waals surface area contributed by atoms with Gasteiger partial charge in [-0.25, -0.2) is 0 Å². The minimum absolute atomic E-state index is 0.0150. The Morgan fingerprint density at radius 3 is 2.17 bits per heavy atom. The lowest BCUT2D eigenvalue weighted by Crippen LogP contribution is -2.30. The number of nitrogens with one attached hydrogen (secondary N) is 1. The molecule has 0 aliphatic carbocycles. The molecule has 126 valence electrons. The molecular weight excluding hydrogens is 304 g/mol. The van der Waals surface area contributed by atoms with Gasteiger partial charge in [-0.3, -0.25) is 14.6 Å². The van der Waals surface area contributed by atoms with Crippen LogP contribution in [0, 0.1) is 0 Å². The Morgan fingerprint density at radius 1 is 1.08 bits per heavy atom. The maximum Gasteiger partial charge on any atom is 0.305 e. The highest BCUT2D eigenvalue weighted by Crippen LogP contribution is 2.25. The second-order valence-electron chi connectivity index (χ2n) is 6.73. The van der Waals surface area contributed by atoms with Gasteiger partial charge < -0.3 is 10.4 Å². The lowest BCUT2D eigenvalue weighted by Gasteiger charge is -2.22. The monoisotopic (exact) mass is 326 g/mol. The van der Waals surface area contributed by atoms with Gasteiger partial charge in [0.05, 0.1) is 12.5 Å². The van der Waals surface area contributed by atoms with E-state index in [-0.39, 0.29) is 17.7 Å². The van der Waals surface area contributed by atoms with E-state index in [1.165, 1.54) is 12.4 Å². The number of hydrogen-bond donors (Lipinski definition) is 2. The summed E-state index contributed by atoms with van der Waals surface area (Å²) in [5, 5.41) is 11.9. The van der Waals surface area contributed by atoms with E-state index in [1.54, 1.807) is 12.1 Å². The maximum absolute atomic E-state index is 12.3. The fourth-order valence-corrected chi connectivity index (χ4v) is 2.39. The maximum atomic E-state index is 12.3. The molecule has 2 rings (SSSR count). The number of rotatable bonds is 5. The van der Waals surface area contributed by atoms with Gasteiger partial charge in [-0.2, -0.15) is 0 Å². The van der Waals surface area contributed by atoms with Crippen molar-refractivity contribution in [1.29, 1.82) is 0 Å². The van der Waals surface area contributed by atoms with Gasteiger partial charge >= 0.3 is 5.97 Å². The first kappa shape index (κ1) is 17.7. The van der Waals surface area contributed by atoms with E-state index in [1.807, 2.05) is 24.3 Å². The molecule has 0 spiro atoms. The number of carbonyl (C=O) groups excluding carboxylic acids is 1. The minimum atomic E-state index is -0.963. The fourth-order valence-electron chi connectivity index (χ4n) is 2.39. The van der Waals surface area contributed by atoms with E-state index in [0.717, 1.165) is 11.1 Å². The molecule has 0 radical (unpaired) electrons. The molecule has 5 nitrogen and oxygen atoms in total. The van der Waals surface area contributed by atoms with Crippen molar-refractivity contribution in [3.05, 3.63) is 65.5 Å². The van der Waals surface area contributed by atoms with Crippen molar-refractivity contribution in [2.45, 2.75) is 38.6 Å². The van der Waals surface area contributed by atoms with Crippen LogP contribution in [0.4, 0.5) is 0 Å². The normalized spacial score (nSPS) is 12.5. The summed E-state index contributed by atoms with van der Waals surface area (Å²) in [5.41, 5.74) is 2.39. The van der Waals surface area contributed by atoms with Gasteiger partial charge in [-0.15, -0.1) is 0 Å². The Kier molecular flexibility index (Phi) is 5.34. The molecular formula is C19H22N2O3. The zero-order valence-corrected chi connectivity index (χ0v) is 14.1. The SMILES string of the molecule is CC(C)(C)c1ccc(C(CC(=O)O)NC(=O)c2ccncc2)cc1. The van der Waals surface area contributed by atoms with E-state index in [9.17, 15) is 9.59 Å². The van der Waals surface area contributed by atoms with Crippen LogP contribution in [0.25, 0.3) is 0 Å². The summed E-state index contributed by atoms with van der Waals surface area (Å²) in [5.74, 6) is -1.28. The van der Waals surface area contributed by atoms with Crippen molar-refractivity contribution >= 4 is 11.9 Å². The van der Waals surface area contributed by atoms with Crippen molar-refractivity contribution in [1.82, 2.24) is 10.3 Å². The van der Waals surface area contributed by atoms with Gasteiger partial charge in [0.25, 0.3) is 5.91 Å². The highest BCUT2D eigenvalue weighted by Gasteiger charge is 2.20. The second-order valence-corrected chi connectivity index (χ2v) is 6.73. The van der Waals surface area contributed by atoms with Crippen LogP contribution in [0.5, 0.6) is 0 Å². The van der Waals surface area contributed by atoms with Crippen LogP contribution in [0.3, 0.4) is 0 Å². The van der Waals surface area contributed by atoms with Crippen molar-refractivity contribution in [3.8, 4) is 0 Å². The molecule has 2 aromatic rings. The van der Waals surface area contributed by atoms with Gasteiger partial charge in [0.15, 0.2) is 0 Å². The van der Waals surface area contributed by atoms with E-state index < -0.39 is 12.0 Å². The quantitative estimate of drug-likeness (QED) is 0.883. The van der Waals surface area contributed by atoms with Gasteiger partial charge in [0, 0.05) is 18.0 Å². The second kappa shape index (κ2) is 7.25. The Labute approximate surface area is 141 Å². The smallest absolute Gasteiger partial charge is 0.305 e. The Morgan fingerprint density at radius 2 is 1.67 bits per heavy atom. The number of amides is 1. The summed E-state index contributed by atoms with van der Waals surface area (Å²) in [6, 6.07) is 10.3. The number of hydrogen-bond acceptors (Lipinski definition) is 3. The number of carbonyl (C=O) groups is 2. The number of aliphatic carboxylic acids is 1. The van der Waals surface area contributed by atoms with Crippen molar-refractivity contribution in [3.63, 3.8) is 0 Å². The van der Waals surface area contributed by atoms with Crippen LogP contribution in [-0.4, -0.2) is 22.0 Å². The van der Waals surface area contributed by atoms with Gasteiger partial charge in [-0.05, 0) is 28.7 Å². The molecule has 0 aliphatic heterocycles. The van der Waals surface area contributed by atoms with Crippen LogP contribution in [0.15, 0.2) is 48.8 Å². The molecule has 0 fully saturated rings. The number of carboxylic acid groups (broad SMARTS) is 1. The van der Waals surface area contributed by atoms with Gasteiger partial charge in [-0.1, -0.05) is 45.0 Å². The Balaban J connectivity index is 2.22. The number of aromatic nitrogens is 1. The largest absolute Gasteiger partial charge is 0.481 e. The summed E-state index contributed by atoms with van der Waals surface area (Å²) < 4.78 is 0. The summed E-state index contributed by atoms with van der Waals surface area (Å²) in [7, 11) is 0. The van der Waals surface area contributed by atoms with E-state index >= 15 is 0 Å². The number of pyridine rings is 1. The van der Waals surface area contributed by atoms with Gasteiger partial charge in [0.2, 0.25) is 0 Å². The first-order chi connectivity index (χ1) is 11.3. The zero-order chi connectivity index (χ0) is 17.7. The minimum Gasteiger partial charge on any atom is -0.481 e. The Hall–Kier alpha value is -2.69. The molecule has 5 heteroatoms. The molecule has 1 atom stereocenters. The zero-order valence-electron chi connectivity index (χ0n) is 14.1. The molecule has 1 unspecified atom stereocenters. The lowest BCUT2D eigenvalue weighted by atomic mass is 9.86. The van der Waals surface area contributed by atoms with Crippen molar-refractivity contribution in [2.24, 2.45) is 0 Å². The van der Waals surface area contributed by atoms with Crippen LogP contribution >= 0.6 is 0 Å². The molecule has 1 heterocycles. The predicted molar refractivity (Wildman–Crippen MR) is 91.8 cm³/mol. The summed E-state index contributed by atoms with van der Waals surface area (Å²) in [4.78, 5) is 27.3. The van der Waals surface area contributed by atoms with Crippen LogP contribution in [-0.2, 0) is 10.2 Å². The third-order valence-corrected chi connectivity index (χ3v) is 3.81. The molecule has 24 heavy (non-hydrogen) atoms. The molecule has 1 aromatic carbocycles. The first-order valence-electron chi connectivity index (χ1n) is 7.80. The molecule has 0 aliphatic rings. The average Bonchev–Trinajstić information content (AvgIpc) is 2.54. The highest BCUT2D eigenvalue weighted by atomic mass is 16.4. The predicted octanol–water partition coefficient (Wildman–Crippen LogP) is 3.32. The number of benzene rings is 1. The van der Waals surface area contributed by atoms with E-state index in [0.29, 0.717) is 5.56 Å². The molecule has 1 aromatic heterocycles. The van der Waals surface area contributed by atoms with Crippen LogP contribution in [0.2, 0.25) is 0 Å². The molecule has 2 N–H and O–H groups in total. The Bertz CT molecular complexity index is 704. The molecule has 1 amide bonds. The van der Waals surface area contributed by atoms with Crippen LogP contribution in [0.1, 0.15) is 54.7 Å². The molecule has 0 saturated carbocycles. The fraction of sp³-hybridized carbons (Fsp3) is 0.316. The number of nitrogens with zero attached hydrogens (tertiary/aromatic N) is 1. The third kappa shape index (κ3) is 4.65. The lowest BCUT2D eigenvalue weighted by molar-refractivity contribution is -0.137. The van der Waals surface area contributed by atoms with E-state index in [4.69, 9.17) is 5.11 Å². The van der Waals surface area contributed by atoms with Crippen LogP contribution < -0.4 is 5.32 Å². The summed E-state index contributed by atoms with van der Waals surface area (Å²) >= 11 is 0. The molecule has 0 saturated heterocycles. The average molecular weight is 326 g/mol. The van der Waals surface area contributed by atoms with Gasteiger partial charge in [0.1, 0.15) is 0 Å². The standard InChI is InChI=1S/C19H22N2O3/c1-19(2,3)15-6-4-13(5-7-15)16(12-17(22)23)21-18(24)14-8-10-20-11-9-14/h4-11,16H,12H2,1-3H3,(H,21,24)(H,22,23). The molecule has 0 bridgehead atoms.